The van der Waals surface area contributed by atoms with Crippen LogP contribution in [0.25, 0.3) is 0 Å². The van der Waals surface area contributed by atoms with Crippen molar-refractivity contribution in [2.24, 2.45) is 0 Å². The molecule has 2 nitrogen and oxygen atoms in total. The SMILES string of the molecule is C#CCNC1CCOC(CC)C1. The molecule has 1 rings (SSSR count). The Hall–Kier alpha value is -0.520. The summed E-state index contributed by atoms with van der Waals surface area (Å²) in [6.07, 6.45) is 8.92. The van der Waals surface area contributed by atoms with E-state index in [0.717, 1.165) is 25.9 Å². The Morgan fingerprint density at radius 3 is 3.17 bits per heavy atom. The summed E-state index contributed by atoms with van der Waals surface area (Å²) in [5.74, 6) is 2.60. The number of ether oxygens (including phenoxy) is 1. The van der Waals surface area contributed by atoms with Crippen LogP contribution in [0.4, 0.5) is 0 Å². The molecule has 68 valence electrons. The standard InChI is InChI=1S/C10H17NO/c1-3-6-11-9-5-7-12-10(4-2)8-9/h1,9-11H,4-8H2,2H3. The molecule has 0 aromatic rings. The molecule has 1 heterocycles. The molecule has 0 saturated carbocycles. The highest BCUT2D eigenvalue weighted by atomic mass is 16.5. The number of hydrogen-bond acceptors (Lipinski definition) is 2. The molecule has 0 aromatic heterocycles. The Morgan fingerprint density at radius 1 is 1.67 bits per heavy atom. The normalized spacial score (nSPS) is 29.7. The highest BCUT2D eigenvalue weighted by Crippen LogP contribution is 2.15. The van der Waals surface area contributed by atoms with Gasteiger partial charge in [0.1, 0.15) is 0 Å². The average Bonchev–Trinajstić information content (AvgIpc) is 2.15. The van der Waals surface area contributed by atoms with Crippen molar-refractivity contribution in [2.45, 2.75) is 38.3 Å². The van der Waals surface area contributed by atoms with Gasteiger partial charge in [0, 0.05) is 12.6 Å². The quantitative estimate of drug-likeness (QED) is 0.637. The van der Waals surface area contributed by atoms with Crippen LogP contribution < -0.4 is 5.32 Å². The minimum absolute atomic E-state index is 0.439. The molecule has 1 N–H and O–H groups in total. The van der Waals surface area contributed by atoms with Crippen molar-refractivity contribution < 1.29 is 4.74 Å². The van der Waals surface area contributed by atoms with Crippen LogP contribution in [-0.4, -0.2) is 25.3 Å². The van der Waals surface area contributed by atoms with Gasteiger partial charge in [-0.25, -0.2) is 0 Å². The Kier molecular flexibility index (Phi) is 4.13. The number of rotatable bonds is 3. The second-order valence-electron chi connectivity index (χ2n) is 3.21. The van der Waals surface area contributed by atoms with Crippen LogP contribution >= 0.6 is 0 Å². The van der Waals surface area contributed by atoms with Gasteiger partial charge >= 0.3 is 0 Å². The summed E-state index contributed by atoms with van der Waals surface area (Å²) >= 11 is 0. The van der Waals surface area contributed by atoms with E-state index < -0.39 is 0 Å². The van der Waals surface area contributed by atoms with E-state index in [2.05, 4.69) is 18.2 Å². The first-order chi connectivity index (χ1) is 5.86. The fourth-order valence-electron chi connectivity index (χ4n) is 1.55. The first-order valence-corrected chi connectivity index (χ1v) is 4.65. The molecule has 1 saturated heterocycles. The van der Waals surface area contributed by atoms with Gasteiger partial charge in [0.15, 0.2) is 0 Å². The topological polar surface area (TPSA) is 21.3 Å². The number of hydrogen-bond donors (Lipinski definition) is 1. The fraction of sp³-hybridized carbons (Fsp3) is 0.800. The van der Waals surface area contributed by atoms with Gasteiger partial charge in [0.05, 0.1) is 12.6 Å². The van der Waals surface area contributed by atoms with Gasteiger partial charge in [-0.1, -0.05) is 12.8 Å². The molecule has 0 amide bonds. The predicted octanol–water partition coefficient (Wildman–Crippen LogP) is 1.17. The maximum atomic E-state index is 5.55. The van der Waals surface area contributed by atoms with Crippen molar-refractivity contribution in [3.05, 3.63) is 0 Å². The van der Waals surface area contributed by atoms with Gasteiger partial charge in [-0.15, -0.1) is 6.42 Å². The van der Waals surface area contributed by atoms with E-state index in [1.807, 2.05) is 0 Å². The molecule has 1 aliphatic heterocycles. The third-order valence-corrected chi connectivity index (χ3v) is 2.32. The molecular formula is C10H17NO. The molecular weight excluding hydrogens is 150 g/mol. The van der Waals surface area contributed by atoms with E-state index in [1.54, 1.807) is 0 Å². The predicted molar refractivity (Wildman–Crippen MR) is 49.9 cm³/mol. The average molecular weight is 167 g/mol. The summed E-state index contributed by atoms with van der Waals surface area (Å²) in [6, 6.07) is 0.569. The summed E-state index contributed by atoms with van der Waals surface area (Å²) in [6.45, 7) is 3.72. The maximum Gasteiger partial charge on any atom is 0.0587 e. The molecule has 0 aromatic carbocycles. The van der Waals surface area contributed by atoms with E-state index in [9.17, 15) is 0 Å². The number of nitrogens with one attached hydrogen (secondary N) is 1. The van der Waals surface area contributed by atoms with E-state index in [0.29, 0.717) is 18.7 Å². The van der Waals surface area contributed by atoms with Crippen molar-refractivity contribution >= 4 is 0 Å². The van der Waals surface area contributed by atoms with Crippen molar-refractivity contribution in [3.8, 4) is 12.3 Å². The van der Waals surface area contributed by atoms with Crippen LogP contribution in [0.15, 0.2) is 0 Å². The summed E-state index contributed by atoms with van der Waals surface area (Å²) in [5, 5.41) is 3.32. The molecule has 2 unspecified atom stereocenters. The monoisotopic (exact) mass is 167 g/mol. The Bertz CT molecular complexity index is 162. The Labute approximate surface area is 74.7 Å². The highest BCUT2D eigenvalue weighted by Gasteiger charge is 2.19. The molecule has 2 atom stereocenters. The minimum Gasteiger partial charge on any atom is -0.378 e. The van der Waals surface area contributed by atoms with Gasteiger partial charge in [0.2, 0.25) is 0 Å². The zero-order chi connectivity index (χ0) is 8.81. The fourth-order valence-corrected chi connectivity index (χ4v) is 1.55. The van der Waals surface area contributed by atoms with Gasteiger partial charge in [-0.2, -0.15) is 0 Å². The van der Waals surface area contributed by atoms with Crippen molar-refractivity contribution in [1.82, 2.24) is 5.32 Å². The lowest BCUT2D eigenvalue weighted by Crippen LogP contribution is -2.38. The molecule has 1 aliphatic rings. The van der Waals surface area contributed by atoms with Crippen LogP contribution in [0.2, 0.25) is 0 Å². The summed E-state index contributed by atoms with van der Waals surface area (Å²) in [4.78, 5) is 0. The van der Waals surface area contributed by atoms with Crippen molar-refractivity contribution in [1.29, 1.82) is 0 Å². The van der Waals surface area contributed by atoms with E-state index in [-0.39, 0.29) is 0 Å². The van der Waals surface area contributed by atoms with Crippen LogP contribution in [0.5, 0.6) is 0 Å². The van der Waals surface area contributed by atoms with Crippen LogP contribution in [0.1, 0.15) is 26.2 Å². The molecule has 0 radical (unpaired) electrons. The molecule has 0 spiro atoms. The molecule has 1 fully saturated rings. The summed E-state index contributed by atoms with van der Waals surface area (Å²) < 4.78 is 5.55. The van der Waals surface area contributed by atoms with E-state index in [1.165, 1.54) is 0 Å². The smallest absolute Gasteiger partial charge is 0.0587 e. The van der Waals surface area contributed by atoms with Gasteiger partial charge in [-0.05, 0) is 19.3 Å². The minimum atomic E-state index is 0.439. The highest BCUT2D eigenvalue weighted by molar-refractivity contribution is 4.89. The lowest BCUT2D eigenvalue weighted by molar-refractivity contribution is 0.000662. The lowest BCUT2D eigenvalue weighted by atomic mass is 10.0. The first kappa shape index (κ1) is 9.57. The summed E-state index contributed by atoms with van der Waals surface area (Å²) in [7, 11) is 0. The second-order valence-corrected chi connectivity index (χ2v) is 3.21. The molecule has 2 heteroatoms. The van der Waals surface area contributed by atoms with Gasteiger partial charge in [0.25, 0.3) is 0 Å². The Balaban J connectivity index is 2.22. The van der Waals surface area contributed by atoms with Gasteiger partial charge in [-0.3, -0.25) is 0 Å². The first-order valence-electron chi connectivity index (χ1n) is 4.65. The third kappa shape index (κ3) is 2.84. The molecule has 0 bridgehead atoms. The van der Waals surface area contributed by atoms with Crippen molar-refractivity contribution in [2.75, 3.05) is 13.2 Å². The molecule has 12 heavy (non-hydrogen) atoms. The van der Waals surface area contributed by atoms with Crippen LogP contribution in [-0.2, 0) is 4.74 Å². The second kappa shape index (κ2) is 5.18. The largest absolute Gasteiger partial charge is 0.378 e. The zero-order valence-corrected chi connectivity index (χ0v) is 7.68. The Morgan fingerprint density at radius 2 is 2.50 bits per heavy atom. The molecule has 0 aliphatic carbocycles. The van der Waals surface area contributed by atoms with Gasteiger partial charge < -0.3 is 10.1 Å². The zero-order valence-electron chi connectivity index (χ0n) is 7.68. The van der Waals surface area contributed by atoms with E-state index >= 15 is 0 Å². The number of terminal acetylenes is 1. The maximum absolute atomic E-state index is 5.55. The van der Waals surface area contributed by atoms with Crippen LogP contribution in [0.3, 0.4) is 0 Å². The third-order valence-electron chi connectivity index (χ3n) is 2.32. The summed E-state index contributed by atoms with van der Waals surface area (Å²) in [5.41, 5.74) is 0. The van der Waals surface area contributed by atoms with Crippen molar-refractivity contribution in [3.63, 3.8) is 0 Å². The van der Waals surface area contributed by atoms with Crippen LogP contribution in [0, 0.1) is 12.3 Å². The van der Waals surface area contributed by atoms with E-state index in [4.69, 9.17) is 11.2 Å². The lowest BCUT2D eigenvalue weighted by Gasteiger charge is -2.29.